The van der Waals surface area contributed by atoms with Gasteiger partial charge in [0, 0.05) is 17.1 Å². The predicted molar refractivity (Wildman–Crippen MR) is 89.2 cm³/mol. The summed E-state index contributed by atoms with van der Waals surface area (Å²) in [5.74, 6) is 1.74. The quantitative estimate of drug-likeness (QED) is 0.603. The van der Waals surface area contributed by atoms with Gasteiger partial charge in [-0.25, -0.2) is 4.98 Å². The van der Waals surface area contributed by atoms with Crippen molar-refractivity contribution in [3.63, 3.8) is 0 Å². The predicted octanol–water partition coefficient (Wildman–Crippen LogP) is 6.35. The smallest absolute Gasteiger partial charge is 0.238 e. The van der Waals surface area contributed by atoms with E-state index in [0.717, 1.165) is 21.7 Å². The highest BCUT2D eigenvalue weighted by Gasteiger charge is 2.13. The molecule has 1 heterocycles. The molecule has 0 unspecified atom stereocenters. The minimum absolute atomic E-state index is 0.308. The first-order valence-corrected chi connectivity index (χ1v) is 7.89. The second-order valence-corrected chi connectivity index (χ2v) is 6.24. The third-order valence-electron chi connectivity index (χ3n) is 3.14. The Kier molecular flexibility index (Phi) is 5.37. The van der Waals surface area contributed by atoms with Crippen molar-refractivity contribution in [1.29, 1.82) is 0 Å². The molecule has 0 aliphatic rings. The number of ether oxygens (including phenoxy) is 1. The molecule has 1 aromatic carbocycles. The fourth-order valence-electron chi connectivity index (χ4n) is 1.94. The van der Waals surface area contributed by atoms with E-state index in [1.54, 1.807) is 12.3 Å². The van der Waals surface area contributed by atoms with Gasteiger partial charge in [-0.3, -0.25) is 0 Å². The van der Waals surface area contributed by atoms with Gasteiger partial charge in [-0.1, -0.05) is 37.0 Å². The lowest BCUT2D eigenvalue weighted by Crippen LogP contribution is -1.96. The van der Waals surface area contributed by atoms with Gasteiger partial charge in [0.25, 0.3) is 0 Å². The van der Waals surface area contributed by atoms with Crippen LogP contribution >= 0.6 is 34.8 Å². The van der Waals surface area contributed by atoms with Crippen molar-refractivity contribution in [3.8, 4) is 11.6 Å². The number of hydrogen-bond acceptors (Lipinski definition) is 2. The monoisotopic (exact) mass is 343 g/mol. The van der Waals surface area contributed by atoms with Crippen LogP contribution in [0.25, 0.3) is 0 Å². The van der Waals surface area contributed by atoms with Crippen molar-refractivity contribution in [2.75, 3.05) is 0 Å². The number of pyridine rings is 1. The molecule has 0 aliphatic carbocycles. The maximum Gasteiger partial charge on any atom is 0.238 e. The van der Waals surface area contributed by atoms with Gasteiger partial charge in [0.15, 0.2) is 0 Å². The molecule has 0 saturated heterocycles. The van der Waals surface area contributed by atoms with Crippen LogP contribution in [-0.2, 0) is 5.88 Å². The Labute approximate surface area is 140 Å². The molecular formula is C16H16Cl3NO. The maximum absolute atomic E-state index is 6.26. The Morgan fingerprint density at radius 3 is 2.43 bits per heavy atom. The molecule has 5 heteroatoms. The average Bonchev–Trinajstić information content (AvgIpc) is 2.43. The van der Waals surface area contributed by atoms with E-state index in [0.29, 0.717) is 28.5 Å². The van der Waals surface area contributed by atoms with E-state index in [1.807, 2.05) is 19.1 Å². The number of aryl methyl sites for hydroxylation is 1. The molecule has 2 nitrogen and oxygen atoms in total. The summed E-state index contributed by atoms with van der Waals surface area (Å²) in [6, 6.07) is 5.59. The zero-order chi connectivity index (χ0) is 15.6. The molecule has 0 bridgehead atoms. The molecule has 0 amide bonds. The van der Waals surface area contributed by atoms with E-state index in [9.17, 15) is 0 Å². The highest BCUT2D eigenvalue weighted by molar-refractivity contribution is 6.32. The first-order chi connectivity index (χ1) is 9.92. The summed E-state index contributed by atoms with van der Waals surface area (Å²) in [6.07, 6.45) is 1.66. The van der Waals surface area contributed by atoms with Crippen LogP contribution in [0.3, 0.4) is 0 Å². The van der Waals surface area contributed by atoms with Gasteiger partial charge < -0.3 is 4.74 Å². The molecule has 0 saturated carbocycles. The summed E-state index contributed by atoms with van der Waals surface area (Å²) in [6.45, 7) is 6.11. The second kappa shape index (κ2) is 6.87. The van der Waals surface area contributed by atoms with Crippen molar-refractivity contribution in [2.24, 2.45) is 0 Å². The fourth-order valence-corrected chi connectivity index (χ4v) is 2.75. The average molecular weight is 345 g/mol. The van der Waals surface area contributed by atoms with Crippen LogP contribution in [0.15, 0.2) is 24.4 Å². The van der Waals surface area contributed by atoms with Crippen LogP contribution in [-0.4, -0.2) is 4.98 Å². The maximum atomic E-state index is 6.26. The van der Waals surface area contributed by atoms with Crippen LogP contribution in [0.1, 0.15) is 36.5 Å². The summed E-state index contributed by atoms with van der Waals surface area (Å²) >= 11 is 18.2. The first kappa shape index (κ1) is 16.4. The Balaban J connectivity index is 2.37. The second-order valence-electron chi connectivity index (χ2n) is 5.16. The van der Waals surface area contributed by atoms with Crippen molar-refractivity contribution in [3.05, 3.63) is 51.1 Å². The molecular weight excluding hydrogens is 329 g/mol. The van der Waals surface area contributed by atoms with Gasteiger partial charge in [0.2, 0.25) is 5.88 Å². The topological polar surface area (TPSA) is 22.1 Å². The van der Waals surface area contributed by atoms with E-state index in [2.05, 4.69) is 18.8 Å². The molecule has 0 spiro atoms. The van der Waals surface area contributed by atoms with E-state index < -0.39 is 0 Å². The van der Waals surface area contributed by atoms with Crippen molar-refractivity contribution in [2.45, 2.75) is 32.6 Å². The number of rotatable bonds is 4. The number of aromatic nitrogens is 1. The molecule has 0 aliphatic heterocycles. The zero-order valence-corrected chi connectivity index (χ0v) is 14.4. The van der Waals surface area contributed by atoms with Gasteiger partial charge >= 0.3 is 0 Å². The zero-order valence-electron chi connectivity index (χ0n) is 12.1. The number of benzene rings is 1. The minimum Gasteiger partial charge on any atom is -0.437 e. The van der Waals surface area contributed by atoms with Crippen LogP contribution in [0.5, 0.6) is 11.6 Å². The van der Waals surface area contributed by atoms with E-state index >= 15 is 0 Å². The molecule has 1 aromatic heterocycles. The Bertz CT molecular complexity index is 656. The van der Waals surface area contributed by atoms with E-state index in [-0.39, 0.29) is 0 Å². The minimum atomic E-state index is 0.308. The van der Waals surface area contributed by atoms with Gasteiger partial charge in [0.05, 0.1) is 0 Å². The highest BCUT2D eigenvalue weighted by atomic mass is 35.5. The van der Waals surface area contributed by atoms with Crippen molar-refractivity contribution in [1.82, 2.24) is 4.98 Å². The lowest BCUT2D eigenvalue weighted by Gasteiger charge is -2.14. The number of halogens is 3. The summed E-state index contributed by atoms with van der Waals surface area (Å²) < 4.78 is 5.84. The van der Waals surface area contributed by atoms with Gasteiger partial charge in [-0.2, -0.15) is 0 Å². The van der Waals surface area contributed by atoms with Crippen LogP contribution in [0, 0.1) is 6.92 Å². The van der Waals surface area contributed by atoms with E-state index in [1.165, 1.54) is 0 Å². The molecule has 0 fully saturated rings. The molecule has 21 heavy (non-hydrogen) atoms. The number of alkyl halides is 1. The van der Waals surface area contributed by atoms with Crippen LogP contribution in [0.2, 0.25) is 10.0 Å². The lowest BCUT2D eigenvalue weighted by atomic mass is 10.0. The van der Waals surface area contributed by atoms with Crippen LogP contribution in [0.4, 0.5) is 0 Å². The third-order valence-corrected chi connectivity index (χ3v) is 4.05. The Morgan fingerprint density at radius 1 is 1.14 bits per heavy atom. The third kappa shape index (κ3) is 3.82. The van der Waals surface area contributed by atoms with Crippen LogP contribution < -0.4 is 4.74 Å². The first-order valence-electron chi connectivity index (χ1n) is 6.60. The fraction of sp³-hybridized carbons (Fsp3) is 0.312. The summed E-state index contributed by atoms with van der Waals surface area (Å²) in [4.78, 5) is 4.21. The number of nitrogens with zero attached hydrogens (tertiary/aromatic N) is 1. The van der Waals surface area contributed by atoms with Gasteiger partial charge in [-0.05, 0) is 47.7 Å². The Hall–Kier alpha value is -0.960. The summed E-state index contributed by atoms with van der Waals surface area (Å²) in [7, 11) is 0. The highest BCUT2D eigenvalue weighted by Crippen LogP contribution is 2.35. The summed E-state index contributed by atoms with van der Waals surface area (Å²) in [5.41, 5.74) is 2.82. The molecule has 2 aromatic rings. The standard InChI is InChI=1S/C16H16Cl3NO/c1-9(2)12-6-15(10(3)4-13(12)18)21-16-14(19)5-11(7-17)8-20-16/h4-6,8-9H,7H2,1-3H3. The van der Waals surface area contributed by atoms with Crippen molar-refractivity contribution < 1.29 is 4.74 Å². The SMILES string of the molecule is Cc1cc(Cl)c(C(C)C)cc1Oc1ncc(CCl)cc1Cl. The number of hydrogen-bond donors (Lipinski definition) is 0. The largest absolute Gasteiger partial charge is 0.437 e. The molecule has 2 rings (SSSR count). The Morgan fingerprint density at radius 2 is 1.86 bits per heavy atom. The molecule has 0 N–H and O–H groups in total. The normalized spacial score (nSPS) is 11.0. The molecule has 0 radical (unpaired) electrons. The van der Waals surface area contributed by atoms with Gasteiger partial charge in [-0.15, -0.1) is 11.6 Å². The summed E-state index contributed by atoms with van der Waals surface area (Å²) in [5, 5.41) is 1.18. The molecule has 112 valence electrons. The lowest BCUT2D eigenvalue weighted by molar-refractivity contribution is 0.458. The van der Waals surface area contributed by atoms with E-state index in [4.69, 9.17) is 39.5 Å². The van der Waals surface area contributed by atoms with Gasteiger partial charge in [0.1, 0.15) is 10.8 Å². The molecule has 0 atom stereocenters. The van der Waals surface area contributed by atoms with Crippen molar-refractivity contribution >= 4 is 34.8 Å².